The Labute approximate surface area is 93.7 Å². The summed E-state index contributed by atoms with van der Waals surface area (Å²) in [6, 6.07) is 1.85. The van der Waals surface area contributed by atoms with Crippen molar-refractivity contribution in [3.8, 4) is 0 Å². The second-order valence-corrected chi connectivity index (χ2v) is 3.58. The molecule has 88 valence electrons. The normalized spacial score (nSPS) is 16.6. The van der Waals surface area contributed by atoms with Crippen LogP contribution in [-0.4, -0.2) is 30.8 Å². The molecule has 0 atom stereocenters. The summed E-state index contributed by atoms with van der Waals surface area (Å²) in [5.74, 6) is -0.343. The van der Waals surface area contributed by atoms with Gasteiger partial charge in [-0.05, 0) is 25.5 Å². The molecule has 0 spiro atoms. The van der Waals surface area contributed by atoms with E-state index >= 15 is 0 Å². The van der Waals surface area contributed by atoms with E-state index in [1.165, 1.54) is 0 Å². The van der Waals surface area contributed by atoms with Crippen molar-refractivity contribution in [2.75, 3.05) is 19.8 Å². The van der Waals surface area contributed by atoms with Crippen LogP contribution in [0.4, 0.5) is 0 Å². The zero-order chi connectivity index (χ0) is 11.5. The van der Waals surface area contributed by atoms with Crippen molar-refractivity contribution in [3.63, 3.8) is 0 Å². The Morgan fingerprint density at radius 3 is 2.88 bits per heavy atom. The van der Waals surface area contributed by atoms with Gasteiger partial charge in [0.1, 0.15) is 5.69 Å². The van der Waals surface area contributed by atoms with E-state index in [4.69, 9.17) is 14.2 Å². The Morgan fingerprint density at radius 1 is 1.56 bits per heavy atom. The lowest BCUT2D eigenvalue weighted by molar-refractivity contribution is -0.0470. The Balaban J connectivity index is 2.17. The molecule has 1 aromatic rings. The first-order valence-corrected chi connectivity index (χ1v) is 5.32. The molecule has 0 radical (unpaired) electrons. The summed E-state index contributed by atoms with van der Waals surface area (Å²) in [6.07, 6.45) is -0.387. The van der Waals surface area contributed by atoms with E-state index in [1.54, 1.807) is 6.92 Å². The number of nitrogens with one attached hydrogen (secondary N) is 1. The minimum absolute atomic E-state index is 0.343. The first-order valence-electron chi connectivity index (χ1n) is 5.32. The SMILES string of the molecule is CCOC(=O)c1[nH]c(C2OCCO2)cc1C. The number of H-pyrrole nitrogens is 1. The maximum absolute atomic E-state index is 11.6. The summed E-state index contributed by atoms with van der Waals surface area (Å²) < 4.78 is 15.6. The molecule has 1 aliphatic rings. The number of hydrogen-bond donors (Lipinski definition) is 1. The number of aromatic nitrogens is 1. The quantitative estimate of drug-likeness (QED) is 0.793. The number of ether oxygens (including phenoxy) is 3. The number of esters is 1. The summed E-state index contributed by atoms with van der Waals surface area (Å²) >= 11 is 0. The molecule has 1 saturated heterocycles. The molecule has 0 aromatic carbocycles. The number of aryl methyl sites for hydroxylation is 1. The lowest BCUT2D eigenvalue weighted by atomic mass is 10.2. The fourth-order valence-corrected chi connectivity index (χ4v) is 1.66. The molecule has 0 amide bonds. The van der Waals surface area contributed by atoms with Gasteiger partial charge in [-0.3, -0.25) is 0 Å². The van der Waals surface area contributed by atoms with Crippen LogP contribution >= 0.6 is 0 Å². The van der Waals surface area contributed by atoms with Gasteiger partial charge in [0, 0.05) is 0 Å². The fourth-order valence-electron chi connectivity index (χ4n) is 1.66. The molecule has 0 bridgehead atoms. The summed E-state index contributed by atoms with van der Waals surface area (Å²) in [7, 11) is 0. The lowest BCUT2D eigenvalue weighted by Gasteiger charge is -2.05. The number of hydrogen-bond acceptors (Lipinski definition) is 4. The van der Waals surface area contributed by atoms with E-state index in [9.17, 15) is 4.79 Å². The monoisotopic (exact) mass is 225 g/mol. The average molecular weight is 225 g/mol. The van der Waals surface area contributed by atoms with Crippen LogP contribution in [0.15, 0.2) is 6.07 Å². The van der Waals surface area contributed by atoms with Crippen molar-refractivity contribution in [1.82, 2.24) is 4.98 Å². The first kappa shape index (κ1) is 11.2. The van der Waals surface area contributed by atoms with Crippen molar-refractivity contribution in [2.45, 2.75) is 20.1 Å². The van der Waals surface area contributed by atoms with Crippen molar-refractivity contribution in [3.05, 3.63) is 23.0 Å². The fraction of sp³-hybridized carbons (Fsp3) is 0.545. The molecule has 2 heterocycles. The average Bonchev–Trinajstić information content (AvgIpc) is 2.86. The van der Waals surface area contributed by atoms with Gasteiger partial charge < -0.3 is 19.2 Å². The zero-order valence-electron chi connectivity index (χ0n) is 9.41. The summed E-state index contributed by atoms with van der Waals surface area (Å²) in [5, 5.41) is 0. The van der Waals surface area contributed by atoms with Crippen LogP contribution in [0.25, 0.3) is 0 Å². The van der Waals surface area contributed by atoms with Gasteiger partial charge in [0.2, 0.25) is 0 Å². The summed E-state index contributed by atoms with van der Waals surface area (Å²) in [4.78, 5) is 14.5. The lowest BCUT2D eigenvalue weighted by Crippen LogP contribution is -2.07. The highest BCUT2D eigenvalue weighted by Crippen LogP contribution is 2.24. The Bertz CT molecular complexity index is 379. The smallest absolute Gasteiger partial charge is 0.355 e. The molecule has 0 aliphatic carbocycles. The second kappa shape index (κ2) is 4.67. The molecule has 0 saturated carbocycles. The molecule has 1 fully saturated rings. The third kappa shape index (κ3) is 2.10. The van der Waals surface area contributed by atoms with Gasteiger partial charge in [0.15, 0.2) is 6.29 Å². The van der Waals surface area contributed by atoms with Crippen LogP contribution in [0.2, 0.25) is 0 Å². The third-order valence-electron chi connectivity index (χ3n) is 2.39. The topological polar surface area (TPSA) is 60.6 Å². The highest BCUT2D eigenvalue weighted by molar-refractivity contribution is 5.89. The minimum Gasteiger partial charge on any atom is -0.461 e. The number of aromatic amines is 1. The van der Waals surface area contributed by atoms with Crippen LogP contribution < -0.4 is 0 Å². The maximum atomic E-state index is 11.6. The summed E-state index contributed by atoms with van der Waals surface area (Å²) in [6.45, 7) is 5.15. The van der Waals surface area contributed by atoms with Gasteiger partial charge >= 0.3 is 5.97 Å². The van der Waals surface area contributed by atoms with Gasteiger partial charge in [0.25, 0.3) is 0 Å². The van der Waals surface area contributed by atoms with Crippen molar-refractivity contribution in [1.29, 1.82) is 0 Å². The van der Waals surface area contributed by atoms with Crippen molar-refractivity contribution in [2.24, 2.45) is 0 Å². The molecular formula is C11H15NO4. The van der Waals surface area contributed by atoms with E-state index in [1.807, 2.05) is 13.0 Å². The number of carbonyl (C=O) groups excluding carboxylic acids is 1. The first-order chi connectivity index (χ1) is 7.72. The molecule has 1 N–H and O–H groups in total. The molecule has 16 heavy (non-hydrogen) atoms. The van der Waals surface area contributed by atoms with Crippen LogP contribution in [0, 0.1) is 6.92 Å². The highest BCUT2D eigenvalue weighted by atomic mass is 16.7. The van der Waals surface area contributed by atoms with Crippen molar-refractivity contribution < 1.29 is 19.0 Å². The second-order valence-electron chi connectivity index (χ2n) is 3.58. The van der Waals surface area contributed by atoms with Gasteiger partial charge in [-0.2, -0.15) is 0 Å². The van der Waals surface area contributed by atoms with E-state index in [0.717, 1.165) is 11.3 Å². The van der Waals surface area contributed by atoms with E-state index < -0.39 is 0 Å². The Kier molecular flexibility index (Phi) is 3.26. The molecule has 1 aliphatic heterocycles. The third-order valence-corrected chi connectivity index (χ3v) is 2.39. The maximum Gasteiger partial charge on any atom is 0.355 e. The molecule has 0 unspecified atom stereocenters. The summed E-state index contributed by atoms with van der Waals surface area (Å²) in [5.41, 5.74) is 2.07. The minimum atomic E-state index is -0.387. The molecule has 2 rings (SSSR count). The predicted octanol–water partition coefficient (Wildman–Crippen LogP) is 1.55. The Morgan fingerprint density at radius 2 is 2.25 bits per heavy atom. The predicted molar refractivity (Wildman–Crippen MR) is 56.1 cm³/mol. The van der Waals surface area contributed by atoms with Crippen LogP contribution in [-0.2, 0) is 14.2 Å². The van der Waals surface area contributed by atoms with Crippen LogP contribution in [0.5, 0.6) is 0 Å². The molecule has 1 aromatic heterocycles. The van der Waals surface area contributed by atoms with Gasteiger partial charge in [0.05, 0.1) is 25.5 Å². The number of carbonyl (C=O) groups is 1. The Hall–Kier alpha value is -1.33. The molecule has 5 nitrogen and oxygen atoms in total. The van der Waals surface area contributed by atoms with Crippen molar-refractivity contribution >= 4 is 5.97 Å². The van der Waals surface area contributed by atoms with Gasteiger partial charge in [-0.1, -0.05) is 0 Å². The van der Waals surface area contributed by atoms with E-state index in [2.05, 4.69) is 4.98 Å². The standard InChI is InChI=1S/C11H15NO4/c1-3-14-10(13)9-7(2)6-8(12-9)11-15-4-5-16-11/h6,11-12H,3-5H2,1-2H3. The van der Waals surface area contributed by atoms with Crippen LogP contribution in [0.1, 0.15) is 35.0 Å². The van der Waals surface area contributed by atoms with Gasteiger partial charge in [-0.15, -0.1) is 0 Å². The van der Waals surface area contributed by atoms with Gasteiger partial charge in [-0.25, -0.2) is 4.79 Å². The number of rotatable bonds is 3. The highest BCUT2D eigenvalue weighted by Gasteiger charge is 2.23. The van der Waals surface area contributed by atoms with E-state index in [0.29, 0.717) is 25.5 Å². The molecular weight excluding hydrogens is 210 g/mol. The zero-order valence-corrected chi connectivity index (χ0v) is 9.41. The van der Waals surface area contributed by atoms with E-state index in [-0.39, 0.29) is 12.3 Å². The molecule has 5 heteroatoms. The van der Waals surface area contributed by atoms with Crippen LogP contribution in [0.3, 0.4) is 0 Å². The largest absolute Gasteiger partial charge is 0.461 e.